The molecular weight excluding hydrogens is 373 g/mol. The normalized spacial score (nSPS) is 24.4. The van der Waals surface area contributed by atoms with E-state index in [4.69, 9.17) is 4.74 Å². The van der Waals surface area contributed by atoms with Gasteiger partial charge in [0.2, 0.25) is 0 Å². The van der Waals surface area contributed by atoms with Crippen molar-refractivity contribution in [1.82, 2.24) is 4.57 Å². The van der Waals surface area contributed by atoms with Gasteiger partial charge in [-0.3, -0.25) is 0 Å². The van der Waals surface area contributed by atoms with Crippen molar-refractivity contribution in [3.05, 3.63) is 66.7 Å². The van der Waals surface area contributed by atoms with E-state index in [0.29, 0.717) is 5.92 Å². The number of hydrogen-bond donors (Lipinski definition) is 0. The second kappa shape index (κ2) is 7.61. The molecule has 0 N–H and O–H groups in total. The van der Waals surface area contributed by atoms with Crippen molar-refractivity contribution in [2.24, 2.45) is 0 Å². The molecule has 3 heteroatoms. The Morgan fingerprint density at radius 1 is 1.10 bits per heavy atom. The van der Waals surface area contributed by atoms with Crippen LogP contribution < -0.4 is 4.74 Å². The van der Waals surface area contributed by atoms with E-state index < -0.39 is 11.8 Å². The van der Waals surface area contributed by atoms with E-state index in [1.54, 1.807) is 6.08 Å². The molecule has 0 bridgehead atoms. The van der Waals surface area contributed by atoms with Crippen LogP contribution in [0.2, 0.25) is 0 Å². The van der Waals surface area contributed by atoms with Crippen molar-refractivity contribution >= 4 is 10.9 Å². The van der Waals surface area contributed by atoms with E-state index in [1.807, 2.05) is 19.1 Å². The Balaban J connectivity index is 1.83. The number of rotatable bonds is 3. The summed E-state index contributed by atoms with van der Waals surface area (Å²) in [6.45, 7) is 5.95. The monoisotopic (exact) mass is 403 g/mol. The Labute approximate surface area is 178 Å². The van der Waals surface area contributed by atoms with Gasteiger partial charge >= 0.3 is 0 Å². The minimum Gasteiger partial charge on any atom is -0.487 e. The van der Waals surface area contributed by atoms with Gasteiger partial charge in [0, 0.05) is 22.9 Å². The minimum atomic E-state index is -1.52. The lowest BCUT2D eigenvalue weighted by atomic mass is 9.81. The predicted molar refractivity (Wildman–Crippen MR) is 122 cm³/mol. The average Bonchev–Trinajstić information content (AvgIpc) is 3.08. The number of aromatic nitrogens is 1. The van der Waals surface area contributed by atoms with E-state index >= 15 is 4.39 Å². The molecule has 2 atom stereocenters. The lowest BCUT2D eigenvalue weighted by molar-refractivity contribution is 0.00736. The van der Waals surface area contributed by atoms with E-state index in [0.717, 1.165) is 22.5 Å². The van der Waals surface area contributed by atoms with Crippen LogP contribution in [0.3, 0.4) is 0 Å². The second-order valence-corrected chi connectivity index (χ2v) is 8.98. The van der Waals surface area contributed by atoms with Gasteiger partial charge in [0.05, 0.1) is 12.2 Å². The number of ether oxygens (including phenoxy) is 1. The highest BCUT2D eigenvalue weighted by Crippen LogP contribution is 2.48. The molecule has 0 amide bonds. The van der Waals surface area contributed by atoms with Crippen LogP contribution in [0.5, 0.6) is 5.75 Å². The fourth-order valence-corrected chi connectivity index (χ4v) is 5.51. The Kier molecular flexibility index (Phi) is 4.92. The van der Waals surface area contributed by atoms with Gasteiger partial charge in [-0.25, -0.2) is 4.39 Å². The third kappa shape index (κ3) is 3.07. The molecule has 0 saturated heterocycles. The first-order valence-corrected chi connectivity index (χ1v) is 11.3. The quantitative estimate of drug-likeness (QED) is 0.415. The number of halogens is 1. The van der Waals surface area contributed by atoms with Crippen LogP contribution in [-0.2, 0) is 6.54 Å². The Morgan fingerprint density at radius 2 is 1.83 bits per heavy atom. The number of fused-ring (bicyclic) bond motifs is 5. The van der Waals surface area contributed by atoms with Crippen LogP contribution in [0, 0.1) is 0 Å². The maximum absolute atomic E-state index is 16.3. The molecule has 30 heavy (non-hydrogen) atoms. The fourth-order valence-electron chi connectivity index (χ4n) is 5.51. The number of hydrogen-bond acceptors (Lipinski definition) is 1. The summed E-state index contributed by atoms with van der Waals surface area (Å²) in [5.74, 6) is 1.29. The van der Waals surface area contributed by atoms with Gasteiger partial charge in [-0.2, -0.15) is 0 Å². The molecule has 1 saturated carbocycles. The van der Waals surface area contributed by atoms with Crippen LogP contribution in [0.15, 0.2) is 61.2 Å². The molecule has 1 aromatic heterocycles. The van der Waals surface area contributed by atoms with Gasteiger partial charge in [-0.05, 0) is 49.4 Å². The highest BCUT2D eigenvalue weighted by atomic mass is 19.1. The standard InChI is InChI=1S/C27H30FNO/c1-3-17-27(28)18-29-23-15-9-7-13-21(23)25(20-11-5-4-6-12-20)26(29)22-14-8-10-16-24(22)30-19(27)2/h3,7-10,13-16,19-20H,1,4-6,11-12,17-18H2,2H3. The molecule has 5 rings (SSSR count). The van der Waals surface area contributed by atoms with E-state index in [-0.39, 0.29) is 13.0 Å². The van der Waals surface area contributed by atoms with Crippen molar-refractivity contribution in [2.75, 3.05) is 0 Å². The zero-order valence-electron chi connectivity index (χ0n) is 17.7. The van der Waals surface area contributed by atoms with Gasteiger partial charge in [-0.15, -0.1) is 6.58 Å². The smallest absolute Gasteiger partial charge is 0.168 e. The van der Waals surface area contributed by atoms with Gasteiger partial charge in [0.25, 0.3) is 0 Å². The number of allylic oxidation sites excluding steroid dienone is 1. The Hall–Kier alpha value is -2.55. The van der Waals surface area contributed by atoms with Crippen LogP contribution in [-0.4, -0.2) is 16.3 Å². The number of alkyl halides is 1. The molecule has 2 aromatic carbocycles. The van der Waals surface area contributed by atoms with Crippen LogP contribution in [0.1, 0.15) is 56.9 Å². The first-order valence-electron chi connectivity index (χ1n) is 11.3. The molecule has 3 aromatic rings. The fraction of sp³-hybridized carbons (Fsp3) is 0.407. The van der Waals surface area contributed by atoms with Crippen molar-refractivity contribution < 1.29 is 9.13 Å². The molecule has 1 fully saturated rings. The first kappa shape index (κ1) is 19.4. The van der Waals surface area contributed by atoms with Crippen LogP contribution in [0.25, 0.3) is 22.2 Å². The summed E-state index contributed by atoms with van der Waals surface area (Å²) in [5, 5.41) is 1.27. The number of para-hydroxylation sites is 2. The third-order valence-electron chi connectivity index (χ3n) is 7.10. The lowest BCUT2D eigenvalue weighted by Crippen LogP contribution is -2.44. The Morgan fingerprint density at radius 3 is 2.63 bits per heavy atom. The van der Waals surface area contributed by atoms with Crippen LogP contribution in [0.4, 0.5) is 4.39 Å². The zero-order chi connectivity index (χ0) is 20.7. The summed E-state index contributed by atoms with van der Waals surface area (Å²) in [6.07, 6.45) is 7.63. The summed E-state index contributed by atoms with van der Waals surface area (Å²) in [7, 11) is 0. The summed E-state index contributed by atoms with van der Waals surface area (Å²) >= 11 is 0. The molecule has 0 spiro atoms. The van der Waals surface area contributed by atoms with Gasteiger partial charge < -0.3 is 9.30 Å². The molecule has 0 radical (unpaired) electrons. The predicted octanol–water partition coefficient (Wildman–Crippen LogP) is 7.42. The number of nitrogens with zero attached hydrogens (tertiary/aromatic N) is 1. The van der Waals surface area contributed by atoms with Crippen molar-refractivity contribution in [1.29, 1.82) is 0 Å². The van der Waals surface area contributed by atoms with Crippen molar-refractivity contribution in [3.8, 4) is 17.0 Å². The maximum atomic E-state index is 16.3. The molecule has 2 nitrogen and oxygen atoms in total. The molecule has 2 unspecified atom stereocenters. The van der Waals surface area contributed by atoms with Crippen molar-refractivity contribution in [3.63, 3.8) is 0 Å². The van der Waals surface area contributed by atoms with Crippen LogP contribution >= 0.6 is 0 Å². The minimum absolute atomic E-state index is 0.265. The topological polar surface area (TPSA) is 14.2 Å². The highest BCUT2D eigenvalue weighted by molar-refractivity contribution is 5.93. The SMILES string of the molecule is C=CCC1(F)Cn2c(c(C3CCCCC3)c3ccccc32)-c2ccccc2OC1C. The average molecular weight is 404 g/mol. The third-order valence-corrected chi connectivity index (χ3v) is 7.10. The number of benzene rings is 2. The van der Waals surface area contributed by atoms with Gasteiger partial charge in [0.15, 0.2) is 5.67 Å². The zero-order valence-corrected chi connectivity index (χ0v) is 17.7. The molecule has 1 aliphatic heterocycles. The summed E-state index contributed by atoms with van der Waals surface area (Å²) < 4.78 is 24.8. The lowest BCUT2D eigenvalue weighted by Gasteiger charge is -2.35. The van der Waals surface area contributed by atoms with Gasteiger partial charge in [0.1, 0.15) is 11.9 Å². The summed E-state index contributed by atoms with van der Waals surface area (Å²) in [5.41, 5.74) is 3.23. The second-order valence-electron chi connectivity index (χ2n) is 8.98. The van der Waals surface area contributed by atoms with E-state index in [2.05, 4.69) is 47.5 Å². The summed E-state index contributed by atoms with van der Waals surface area (Å²) in [6, 6.07) is 16.7. The molecule has 2 heterocycles. The molecule has 156 valence electrons. The van der Waals surface area contributed by atoms with E-state index in [9.17, 15) is 0 Å². The maximum Gasteiger partial charge on any atom is 0.168 e. The van der Waals surface area contributed by atoms with E-state index in [1.165, 1.54) is 43.1 Å². The Bertz CT molecular complexity index is 1080. The largest absolute Gasteiger partial charge is 0.487 e. The van der Waals surface area contributed by atoms with Gasteiger partial charge in [-0.1, -0.05) is 55.7 Å². The first-order chi connectivity index (χ1) is 14.6. The molecule has 1 aliphatic carbocycles. The highest BCUT2D eigenvalue weighted by Gasteiger charge is 2.41. The molecular formula is C27H30FNO. The molecule has 2 aliphatic rings. The van der Waals surface area contributed by atoms with Crippen molar-refractivity contribution in [2.45, 2.75) is 69.7 Å². The summed E-state index contributed by atoms with van der Waals surface area (Å²) in [4.78, 5) is 0.